The van der Waals surface area contributed by atoms with E-state index in [1.54, 1.807) is 11.8 Å². The molecular weight excluding hydrogens is 338 g/mol. The molecule has 0 aliphatic heterocycles. The quantitative estimate of drug-likeness (QED) is 0.590. The van der Waals surface area contributed by atoms with E-state index in [-0.39, 0.29) is 0 Å². The van der Waals surface area contributed by atoms with Gasteiger partial charge in [0.15, 0.2) is 0 Å². The Labute approximate surface area is 147 Å². The van der Waals surface area contributed by atoms with Gasteiger partial charge in [0, 0.05) is 37.7 Å². The van der Waals surface area contributed by atoms with Crippen LogP contribution in [0.4, 0.5) is 10.9 Å². The predicted molar refractivity (Wildman–Crippen MR) is 95.6 cm³/mol. The summed E-state index contributed by atoms with van der Waals surface area (Å²) in [6, 6.07) is 5.80. The molecule has 0 aliphatic rings. The van der Waals surface area contributed by atoms with Crippen LogP contribution in [0.1, 0.15) is 5.01 Å². The molecule has 0 radical (unpaired) electrons. The number of nitrogens with zero attached hydrogens (tertiary/aromatic N) is 6. The van der Waals surface area contributed by atoms with Gasteiger partial charge in [-0.2, -0.15) is 5.10 Å². The van der Waals surface area contributed by atoms with E-state index in [9.17, 15) is 0 Å². The minimum absolute atomic E-state index is 0.447. The molecular formula is C16H15N7OS. The molecule has 0 amide bonds. The average molecular weight is 353 g/mol. The lowest BCUT2D eigenvalue weighted by molar-refractivity contribution is 0.184. The Bertz CT molecular complexity index is 1030. The van der Waals surface area contributed by atoms with Gasteiger partial charge in [0.25, 0.3) is 0 Å². The second-order valence-corrected chi connectivity index (χ2v) is 6.48. The zero-order valence-corrected chi connectivity index (χ0v) is 14.5. The summed E-state index contributed by atoms with van der Waals surface area (Å²) in [5, 5.41) is 17.0. The van der Waals surface area contributed by atoms with Gasteiger partial charge in [0.2, 0.25) is 5.13 Å². The van der Waals surface area contributed by atoms with Crippen LogP contribution in [-0.2, 0) is 18.4 Å². The maximum absolute atomic E-state index is 5.06. The van der Waals surface area contributed by atoms with E-state index in [0.717, 1.165) is 27.2 Å². The van der Waals surface area contributed by atoms with E-state index in [4.69, 9.17) is 4.74 Å². The minimum Gasteiger partial charge on any atom is -0.377 e. The molecule has 8 nitrogen and oxygen atoms in total. The number of fused-ring (bicyclic) bond motifs is 1. The first-order chi connectivity index (χ1) is 12.2. The minimum atomic E-state index is 0.447. The van der Waals surface area contributed by atoms with Crippen LogP contribution in [0.15, 0.2) is 36.8 Å². The number of hydrogen-bond acceptors (Lipinski definition) is 8. The predicted octanol–water partition coefficient (Wildman–Crippen LogP) is 2.77. The smallest absolute Gasteiger partial charge is 0.211 e. The Kier molecular flexibility index (Phi) is 4.08. The second-order valence-electron chi connectivity index (χ2n) is 5.42. The highest BCUT2D eigenvalue weighted by Gasteiger charge is 2.08. The number of methoxy groups -OCH3 is 1. The Morgan fingerprint density at radius 1 is 1.16 bits per heavy atom. The maximum atomic E-state index is 5.06. The molecule has 9 heteroatoms. The van der Waals surface area contributed by atoms with Crippen molar-refractivity contribution in [3.8, 4) is 11.1 Å². The van der Waals surface area contributed by atoms with Crippen molar-refractivity contribution in [3.05, 3.63) is 41.8 Å². The van der Waals surface area contributed by atoms with Crippen molar-refractivity contribution < 1.29 is 4.74 Å². The van der Waals surface area contributed by atoms with Crippen LogP contribution in [0.25, 0.3) is 22.2 Å². The summed E-state index contributed by atoms with van der Waals surface area (Å²) in [5.41, 5.74) is 3.61. The molecule has 0 aromatic carbocycles. The molecule has 25 heavy (non-hydrogen) atoms. The van der Waals surface area contributed by atoms with Crippen molar-refractivity contribution in [1.82, 2.24) is 29.9 Å². The third-order valence-corrected chi connectivity index (χ3v) is 4.36. The summed E-state index contributed by atoms with van der Waals surface area (Å²) >= 11 is 1.44. The number of rotatable bonds is 5. The summed E-state index contributed by atoms with van der Waals surface area (Å²) in [6.07, 6.45) is 5.59. The zero-order valence-electron chi connectivity index (χ0n) is 13.7. The van der Waals surface area contributed by atoms with Crippen LogP contribution in [0, 0.1) is 0 Å². The molecule has 126 valence electrons. The van der Waals surface area contributed by atoms with Gasteiger partial charge in [-0.1, -0.05) is 11.3 Å². The fraction of sp³-hybridized carbons (Fsp3) is 0.188. The Morgan fingerprint density at radius 3 is 2.88 bits per heavy atom. The lowest BCUT2D eigenvalue weighted by Gasteiger charge is -2.04. The molecule has 0 saturated carbocycles. The number of anilines is 2. The van der Waals surface area contributed by atoms with Crippen LogP contribution < -0.4 is 5.32 Å². The van der Waals surface area contributed by atoms with E-state index in [1.807, 2.05) is 43.8 Å². The summed E-state index contributed by atoms with van der Waals surface area (Å²) in [6.45, 7) is 0.447. The van der Waals surface area contributed by atoms with E-state index >= 15 is 0 Å². The summed E-state index contributed by atoms with van der Waals surface area (Å²) in [4.78, 5) is 9.10. The topological polar surface area (TPSA) is 90.6 Å². The number of nitrogens with one attached hydrogen (secondary N) is 1. The molecule has 4 heterocycles. The van der Waals surface area contributed by atoms with Crippen molar-refractivity contribution in [3.63, 3.8) is 0 Å². The van der Waals surface area contributed by atoms with Crippen LogP contribution >= 0.6 is 11.3 Å². The van der Waals surface area contributed by atoms with Crippen molar-refractivity contribution in [2.45, 2.75) is 6.61 Å². The highest BCUT2D eigenvalue weighted by molar-refractivity contribution is 7.15. The molecule has 0 unspecified atom stereocenters. The lowest BCUT2D eigenvalue weighted by Crippen LogP contribution is -1.94. The molecule has 0 atom stereocenters. The van der Waals surface area contributed by atoms with Crippen LogP contribution in [-0.4, -0.2) is 37.1 Å². The average Bonchev–Trinajstić information content (AvgIpc) is 3.24. The molecule has 0 aliphatic carbocycles. The molecule has 4 aromatic heterocycles. The fourth-order valence-corrected chi connectivity index (χ4v) is 3.12. The highest BCUT2D eigenvalue weighted by atomic mass is 32.1. The third-order valence-electron chi connectivity index (χ3n) is 3.55. The summed E-state index contributed by atoms with van der Waals surface area (Å²) in [7, 11) is 3.52. The molecule has 0 spiro atoms. The molecule has 0 fully saturated rings. The highest BCUT2D eigenvalue weighted by Crippen LogP contribution is 2.24. The van der Waals surface area contributed by atoms with Gasteiger partial charge in [-0.25, -0.2) is 4.98 Å². The van der Waals surface area contributed by atoms with Crippen LogP contribution in [0.3, 0.4) is 0 Å². The van der Waals surface area contributed by atoms with Crippen LogP contribution in [0.2, 0.25) is 0 Å². The Hall–Kier alpha value is -2.91. The molecule has 4 rings (SSSR count). The second kappa shape index (κ2) is 6.54. The first-order valence-corrected chi connectivity index (χ1v) is 8.37. The van der Waals surface area contributed by atoms with Crippen molar-refractivity contribution in [2.24, 2.45) is 7.05 Å². The number of hydrogen-bond donors (Lipinski definition) is 1. The molecule has 1 N–H and O–H groups in total. The number of aromatic nitrogens is 6. The largest absolute Gasteiger partial charge is 0.377 e. The number of pyridine rings is 2. The SMILES string of the molecule is COCc1nnc(Nc2ccc3ncc(-c4cnn(C)c4)cc3n2)s1. The van der Waals surface area contributed by atoms with E-state index in [2.05, 4.69) is 30.6 Å². The van der Waals surface area contributed by atoms with Gasteiger partial charge in [-0.15, -0.1) is 10.2 Å². The van der Waals surface area contributed by atoms with Gasteiger partial charge in [-0.05, 0) is 18.2 Å². The standard InChI is InChI=1S/C16H15N7OS/c1-23-8-11(7-18-23)10-5-13-12(17-6-10)3-4-14(19-13)20-16-22-21-15(25-16)9-24-2/h3-8H,9H2,1-2H3,(H,19,20,22). The Balaban J connectivity index is 1.63. The Morgan fingerprint density at radius 2 is 2.08 bits per heavy atom. The van der Waals surface area contributed by atoms with Crippen molar-refractivity contribution >= 4 is 33.3 Å². The van der Waals surface area contributed by atoms with Gasteiger partial charge in [-0.3, -0.25) is 9.67 Å². The monoisotopic (exact) mass is 353 g/mol. The van der Waals surface area contributed by atoms with Gasteiger partial charge in [0.05, 0.1) is 17.2 Å². The van der Waals surface area contributed by atoms with E-state index in [0.29, 0.717) is 17.6 Å². The molecule has 0 saturated heterocycles. The normalized spacial score (nSPS) is 11.1. The number of aryl methyl sites for hydroxylation is 1. The van der Waals surface area contributed by atoms with Crippen molar-refractivity contribution in [1.29, 1.82) is 0 Å². The molecule has 0 bridgehead atoms. The zero-order chi connectivity index (χ0) is 17.2. The van der Waals surface area contributed by atoms with Crippen molar-refractivity contribution in [2.75, 3.05) is 12.4 Å². The third kappa shape index (κ3) is 3.32. The maximum Gasteiger partial charge on any atom is 0.211 e. The fourth-order valence-electron chi connectivity index (χ4n) is 2.40. The van der Waals surface area contributed by atoms with Crippen LogP contribution in [0.5, 0.6) is 0 Å². The number of ether oxygens (including phenoxy) is 1. The first-order valence-electron chi connectivity index (χ1n) is 7.55. The molecule has 4 aromatic rings. The van der Waals surface area contributed by atoms with E-state index < -0.39 is 0 Å². The van der Waals surface area contributed by atoms with Gasteiger partial charge in [0.1, 0.15) is 17.4 Å². The first kappa shape index (κ1) is 15.6. The lowest BCUT2D eigenvalue weighted by atomic mass is 10.1. The van der Waals surface area contributed by atoms with E-state index in [1.165, 1.54) is 11.3 Å². The summed E-state index contributed by atoms with van der Waals surface area (Å²) in [5.74, 6) is 0.692. The van der Waals surface area contributed by atoms with Gasteiger partial charge < -0.3 is 10.1 Å². The van der Waals surface area contributed by atoms with Gasteiger partial charge >= 0.3 is 0 Å². The summed E-state index contributed by atoms with van der Waals surface area (Å²) < 4.78 is 6.82.